The molecular weight excluding hydrogens is 359 g/mol. The Morgan fingerprint density at radius 1 is 1.00 bits per heavy atom. The average molecular weight is 377 g/mol. The lowest BCUT2D eigenvalue weighted by atomic mass is 10.0. The van der Waals surface area contributed by atoms with Crippen molar-refractivity contribution in [3.63, 3.8) is 0 Å². The molecule has 1 aliphatic rings. The molecule has 0 aromatic heterocycles. The Kier molecular flexibility index (Phi) is 5.61. The summed E-state index contributed by atoms with van der Waals surface area (Å²) >= 11 is 12.0. The highest BCUT2D eigenvalue weighted by atomic mass is 35.5. The molecule has 25 heavy (non-hydrogen) atoms. The lowest BCUT2D eigenvalue weighted by Crippen LogP contribution is -2.41. The predicted molar refractivity (Wildman–Crippen MR) is 98.9 cm³/mol. The van der Waals surface area contributed by atoms with E-state index in [1.54, 1.807) is 17.0 Å². The van der Waals surface area contributed by atoms with Crippen LogP contribution in [-0.4, -0.2) is 29.8 Å². The Morgan fingerprint density at radius 3 is 2.32 bits per heavy atom. The summed E-state index contributed by atoms with van der Waals surface area (Å²) in [7, 11) is 0. The van der Waals surface area contributed by atoms with Crippen LogP contribution in [0.25, 0.3) is 0 Å². The molecule has 1 atom stereocenters. The minimum atomic E-state index is -0.737. The molecule has 1 saturated heterocycles. The molecule has 1 aliphatic heterocycles. The largest absolute Gasteiger partial charge is 0.341 e. The summed E-state index contributed by atoms with van der Waals surface area (Å²) in [5, 5.41) is 3.54. The van der Waals surface area contributed by atoms with Crippen LogP contribution in [0.15, 0.2) is 48.5 Å². The Balaban J connectivity index is 1.86. The first-order valence-corrected chi connectivity index (χ1v) is 8.91. The highest BCUT2D eigenvalue weighted by Gasteiger charge is 2.29. The maximum absolute atomic E-state index is 12.9. The lowest BCUT2D eigenvalue weighted by molar-refractivity contribution is -0.132. The van der Waals surface area contributed by atoms with Gasteiger partial charge < -0.3 is 10.2 Å². The van der Waals surface area contributed by atoms with Gasteiger partial charge in [-0.3, -0.25) is 9.59 Å². The van der Waals surface area contributed by atoms with Gasteiger partial charge in [0, 0.05) is 18.1 Å². The number of hydrogen-bond acceptors (Lipinski definition) is 2. The molecule has 1 N–H and O–H groups in total. The lowest BCUT2D eigenvalue weighted by Gasteiger charge is -2.24. The zero-order valence-corrected chi connectivity index (χ0v) is 15.1. The normalized spacial score (nSPS) is 15.0. The van der Waals surface area contributed by atoms with Crippen LogP contribution in [0.1, 0.15) is 34.8 Å². The Hall–Kier alpha value is -2.04. The standard InChI is InChI=1S/C19H18Cl2N2O2/c20-14-8-9-15(16(21)12-14)18(24)22-17(13-6-2-1-3-7-13)19(25)23-10-4-5-11-23/h1-3,6-9,12,17H,4-5,10-11H2,(H,22,24)/t17-/m0/s1. The van der Waals surface area contributed by atoms with Gasteiger partial charge in [-0.15, -0.1) is 0 Å². The summed E-state index contributed by atoms with van der Waals surface area (Å²) < 4.78 is 0. The fourth-order valence-corrected chi connectivity index (χ4v) is 3.43. The zero-order valence-electron chi connectivity index (χ0n) is 13.5. The quantitative estimate of drug-likeness (QED) is 0.873. The van der Waals surface area contributed by atoms with E-state index in [1.807, 2.05) is 30.3 Å². The highest BCUT2D eigenvalue weighted by Crippen LogP contribution is 2.23. The van der Waals surface area contributed by atoms with Gasteiger partial charge in [0.05, 0.1) is 10.6 Å². The van der Waals surface area contributed by atoms with Crippen molar-refractivity contribution < 1.29 is 9.59 Å². The van der Waals surface area contributed by atoms with E-state index in [9.17, 15) is 9.59 Å². The summed E-state index contributed by atoms with van der Waals surface area (Å²) in [5.41, 5.74) is 1.04. The van der Waals surface area contributed by atoms with Gasteiger partial charge >= 0.3 is 0 Å². The molecule has 2 aromatic carbocycles. The number of carbonyl (C=O) groups excluding carboxylic acids is 2. The van der Waals surface area contributed by atoms with E-state index in [-0.39, 0.29) is 10.9 Å². The van der Waals surface area contributed by atoms with Crippen LogP contribution in [0.3, 0.4) is 0 Å². The first-order valence-electron chi connectivity index (χ1n) is 8.16. The van der Waals surface area contributed by atoms with E-state index in [4.69, 9.17) is 23.2 Å². The van der Waals surface area contributed by atoms with Gasteiger partial charge in [-0.1, -0.05) is 53.5 Å². The van der Waals surface area contributed by atoms with Gasteiger partial charge in [-0.05, 0) is 36.6 Å². The monoisotopic (exact) mass is 376 g/mol. The Bertz CT molecular complexity index is 774. The van der Waals surface area contributed by atoms with Gasteiger partial charge in [0.15, 0.2) is 0 Å². The summed E-state index contributed by atoms with van der Waals surface area (Å²) in [6.45, 7) is 1.44. The van der Waals surface area contributed by atoms with Gasteiger partial charge in [-0.25, -0.2) is 0 Å². The van der Waals surface area contributed by atoms with Crippen molar-refractivity contribution in [3.8, 4) is 0 Å². The molecule has 0 unspecified atom stereocenters. The number of rotatable bonds is 4. The maximum Gasteiger partial charge on any atom is 0.253 e. The van der Waals surface area contributed by atoms with Crippen molar-refractivity contribution in [2.45, 2.75) is 18.9 Å². The van der Waals surface area contributed by atoms with E-state index in [0.717, 1.165) is 31.5 Å². The Morgan fingerprint density at radius 2 is 1.68 bits per heavy atom. The first-order chi connectivity index (χ1) is 12.1. The summed E-state index contributed by atoms with van der Waals surface area (Å²) in [6.07, 6.45) is 1.98. The molecule has 0 aliphatic carbocycles. The second-order valence-electron chi connectivity index (χ2n) is 5.97. The molecule has 0 radical (unpaired) electrons. The Labute approximate surface area is 156 Å². The molecular formula is C19H18Cl2N2O2. The van der Waals surface area contributed by atoms with Crippen molar-refractivity contribution >= 4 is 35.0 Å². The maximum atomic E-state index is 12.9. The van der Waals surface area contributed by atoms with Crippen LogP contribution in [0, 0.1) is 0 Å². The minimum absolute atomic E-state index is 0.0952. The molecule has 130 valence electrons. The number of nitrogens with zero attached hydrogens (tertiary/aromatic N) is 1. The molecule has 2 amide bonds. The molecule has 6 heteroatoms. The summed E-state index contributed by atoms with van der Waals surface area (Å²) in [4.78, 5) is 27.4. The molecule has 4 nitrogen and oxygen atoms in total. The SMILES string of the molecule is O=C(N[C@H](C(=O)N1CCCC1)c1ccccc1)c1ccc(Cl)cc1Cl. The fourth-order valence-electron chi connectivity index (χ4n) is 2.94. The van der Waals surface area contributed by atoms with Gasteiger partial charge in [0.25, 0.3) is 5.91 Å². The third-order valence-electron chi connectivity index (χ3n) is 4.25. The van der Waals surface area contributed by atoms with E-state index < -0.39 is 11.9 Å². The topological polar surface area (TPSA) is 49.4 Å². The van der Waals surface area contributed by atoms with Gasteiger partial charge in [-0.2, -0.15) is 0 Å². The fraction of sp³-hybridized carbons (Fsp3) is 0.263. The number of nitrogens with one attached hydrogen (secondary N) is 1. The molecule has 2 aromatic rings. The van der Waals surface area contributed by atoms with E-state index in [1.165, 1.54) is 6.07 Å². The van der Waals surface area contributed by atoms with Crippen LogP contribution < -0.4 is 5.32 Å². The van der Waals surface area contributed by atoms with E-state index in [2.05, 4.69) is 5.32 Å². The van der Waals surface area contributed by atoms with E-state index in [0.29, 0.717) is 10.6 Å². The predicted octanol–water partition coefficient (Wildman–Crippen LogP) is 4.09. The van der Waals surface area contributed by atoms with Crippen molar-refractivity contribution in [1.29, 1.82) is 0 Å². The number of carbonyl (C=O) groups is 2. The second kappa shape index (κ2) is 7.89. The third-order valence-corrected chi connectivity index (χ3v) is 4.80. The summed E-state index contributed by atoms with van der Waals surface area (Å²) in [6, 6.07) is 13.2. The third kappa shape index (κ3) is 4.14. The smallest absolute Gasteiger partial charge is 0.253 e. The van der Waals surface area contributed by atoms with Crippen LogP contribution in [0.2, 0.25) is 10.0 Å². The van der Waals surface area contributed by atoms with Crippen molar-refractivity contribution in [2.75, 3.05) is 13.1 Å². The summed E-state index contributed by atoms with van der Waals surface area (Å²) in [5.74, 6) is -0.495. The number of amides is 2. The van der Waals surface area contributed by atoms with E-state index >= 15 is 0 Å². The van der Waals surface area contributed by atoms with Crippen LogP contribution in [-0.2, 0) is 4.79 Å². The second-order valence-corrected chi connectivity index (χ2v) is 6.82. The molecule has 0 bridgehead atoms. The van der Waals surface area contributed by atoms with Crippen LogP contribution in [0.4, 0.5) is 0 Å². The molecule has 1 fully saturated rings. The minimum Gasteiger partial charge on any atom is -0.341 e. The van der Waals surface area contributed by atoms with Crippen LogP contribution in [0.5, 0.6) is 0 Å². The zero-order chi connectivity index (χ0) is 17.8. The van der Waals surface area contributed by atoms with Crippen molar-refractivity contribution in [2.24, 2.45) is 0 Å². The van der Waals surface area contributed by atoms with Gasteiger partial charge in [0.1, 0.15) is 6.04 Å². The first kappa shape index (κ1) is 17.8. The van der Waals surface area contributed by atoms with Gasteiger partial charge in [0.2, 0.25) is 5.91 Å². The molecule has 1 heterocycles. The molecule has 3 rings (SSSR count). The van der Waals surface area contributed by atoms with Crippen molar-refractivity contribution in [3.05, 3.63) is 69.7 Å². The molecule has 0 spiro atoms. The highest BCUT2D eigenvalue weighted by molar-refractivity contribution is 6.36. The number of likely N-dealkylation sites (tertiary alicyclic amines) is 1. The number of benzene rings is 2. The number of hydrogen-bond donors (Lipinski definition) is 1. The number of halogens is 2. The molecule has 0 saturated carbocycles. The average Bonchev–Trinajstić information content (AvgIpc) is 3.14. The van der Waals surface area contributed by atoms with Crippen molar-refractivity contribution in [1.82, 2.24) is 10.2 Å². The van der Waals surface area contributed by atoms with Crippen LogP contribution >= 0.6 is 23.2 Å².